The molecule has 112 valence electrons. The fourth-order valence-electron chi connectivity index (χ4n) is 3.46. The van der Waals surface area contributed by atoms with E-state index in [9.17, 15) is 4.39 Å². The van der Waals surface area contributed by atoms with Crippen LogP contribution in [0.3, 0.4) is 0 Å². The maximum Gasteiger partial charge on any atom is 0.127 e. The molecule has 1 saturated carbocycles. The SMILES string of the molecule is CCNC(Cc1c(F)cccc1Cl)C1CCC(CC)C1. The maximum atomic E-state index is 14.0. The van der Waals surface area contributed by atoms with E-state index in [1.54, 1.807) is 12.1 Å². The maximum absolute atomic E-state index is 14.0. The highest BCUT2D eigenvalue weighted by Crippen LogP contribution is 2.36. The minimum atomic E-state index is -0.176. The summed E-state index contributed by atoms with van der Waals surface area (Å²) in [7, 11) is 0. The van der Waals surface area contributed by atoms with Crippen LogP contribution in [0.25, 0.3) is 0 Å². The van der Waals surface area contributed by atoms with Crippen LogP contribution in [-0.2, 0) is 6.42 Å². The molecule has 0 bridgehead atoms. The Bertz CT molecular complexity index is 415. The summed E-state index contributed by atoms with van der Waals surface area (Å²) >= 11 is 6.17. The molecule has 0 heterocycles. The summed E-state index contributed by atoms with van der Waals surface area (Å²) < 4.78 is 14.0. The lowest BCUT2D eigenvalue weighted by atomic mass is 9.90. The molecule has 1 aromatic carbocycles. The number of nitrogens with one attached hydrogen (secondary N) is 1. The molecule has 1 aliphatic rings. The van der Waals surface area contributed by atoms with Crippen molar-refractivity contribution in [1.82, 2.24) is 5.32 Å². The van der Waals surface area contributed by atoms with Gasteiger partial charge >= 0.3 is 0 Å². The van der Waals surface area contributed by atoms with Crippen LogP contribution < -0.4 is 5.32 Å². The predicted molar refractivity (Wildman–Crippen MR) is 83.7 cm³/mol. The van der Waals surface area contributed by atoms with E-state index < -0.39 is 0 Å². The van der Waals surface area contributed by atoms with Gasteiger partial charge in [-0.05, 0) is 49.8 Å². The zero-order valence-electron chi connectivity index (χ0n) is 12.5. The molecule has 3 atom stereocenters. The Balaban J connectivity index is 2.09. The van der Waals surface area contributed by atoms with E-state index >= 15 is 0 Å². The van der Waals surface area contributed by atoms with E-state index in [-0.39, 0.29) is 5.82 Å². The molecule has 1 N–H and O–H groups in total. The predicted octanol–water partition coefficient (Wildman–Crippen LogP) is 4.83. The molecule has 0 saturated heterocycles. The zero-order valence-corrected chi connectivity index (χ0v) is 13.2. The number of likely N-dealkylation sites (N-methyl/N-ethyl adjacent to an activating group) is 1. The first-order chi connectivity index (χ1) is 9.65. The van der Waals surface area contributed by atoms with Crippen molar-refractivity contribution in [2.75, 3.05) is 6.54 Å². The van der Waals surface area contributed by atoms with Gasteiger partial charge in [0, 0.05) is 16.6 Å². The van der Waals surface area contributed by atoms with Gasteiger partial charge < -0.3 is 5.32 Å². The summed E-state index contributed by atoms with van der Waals surface area (Å²) in [5.41, 5.74) is 0.667. The molecular formula is C17H25ClFN. The normalized spacial score (nSPS) is 24.0. The second-order valence-electron chi connectivity index (χ2n) is 5.92. The fourth-order valence-corrected chi connectivity index (χ4v) is 3.70. The lowest BCUT2D eigenvalue weighted by Gasteiger charge is -2.25. The van der Waals surface area contributed by atoms with Crippen LogP contribution in [0.5, 0.6) is 0 Å². The third-order valence-corrected chi connectivity index (χ3v) is 5.03. The average molecular weight is 298 g/mol. The van der Waals surface area contributed by atoms with Crippen LogP contribution in [-0.4, -0.2) is 12.6 Å². The van der Waals surface area contributed by atoms with E-state index in [0.717, 1.165) is 12.5 Å². The minimum Gasteiger partial charge on any atom is -0.314 e. The van der Waals surface area contributed by atoms with E-state index in [4.69, 9.17) is 11.6 Å². The smallest absolute Gasteiger partial charge is 0.127 e. The Morgan fingerprint density at radius 3 is 2.75 bits per heavy atom. The van der Waals surface area contributed by atoms with Crippen LogP contribution in [0.2, 0.25) is 5.02 Å². The van der Waals surface area contributed by atoms with Crippen LogP contribution >= 0.6 is 11.6 Å². The van der Waals surface area contributed by atoms with Gasteiger partial charge in [-0.3, -0.25) is 0 Å². The molecule has 1 nitrogen and oxygen atoms in total. The van der Waals surface area contributed by atoms with Crippen molar-refractivity contribution in [3.8, 4) is 0 Å². The van der Waals surface area contributed by atoms with Crippen molar-refractivity contribution in [3.63, 3.8) is 0 Å². The first kappa shape index (κ1) is 15.8. The van der Waals surface area contributed by atoms with E-state index in [1.165, 1.54) is 31.7 Å². The van der Waals surface area contributed by atoms with Crippen molar-refractivity contribution in [2.24, 2.45) is 11.8 Å². The lowest BCUT2D eigenvalue weighted by molar-refractivity contribution is 0.346. The molecule has 1 aromatic rings. The molecule has 0 aromatic heterocycles. The molecule has 0 amide bonds. The summed E-state index contributed by atoms with van der Waals surface area (Å²) in [6, 6.07) is 5.30. The van der Waals surface area contributed by atoms with Crippen molar-refractivity contribution >= 4 is 11.6 Å². The topological polar surface area (TPSA) is 12.0 Å². The summed E-state index contributed by atoms with van der Waals surface area (Å²) in [5.74, 6) is 1.32. The van der Waals surface area contributed by atoms with Crippen LogP contribution in [0.1, 0.15) is 45.1 Å². The molecule has 1 fully saturated rings. The first-order valence-electron chi connectivity index (χ1n) is 7.81. The Kier molecular flexibility index (Phi) is 5.86. The van der Waals surface area contributed by atoms with Gasteiger partial charge in [0.25, 0.3) is 0 Å². The van der Waals surface area contributed by atoms with Gasteiger partial charge in [-0.15, -0.1) is 0 Å². The van der Waals surface area contributed by atoms with Crippen molar-refractivity contribution in [1.29, 1.82) is 0 Å². The number of rotatable bonds is 6. The molecule has 3 heteroatoms. The quantitative estimate of drug-likeness (QED) is 0.793. The third kappa shape index (κ3) is 3.73. The molecule has 3 unspecified atom stereocenters. The highest BCUT2D eigenvalue weighted by molar-refractivity contribution is 6.31. The standard InChI is InChI=1S/C17H25ClFN/c1-3-12-8-9-13(10-12)17(20-4-2)11-14-15(18)6-5-7-16(14)19/h5-7,12-13,17,20H,3-4,8-11H2,1-2H3. The number of halogens is 2. The number of hydrogen-bond acceptors (Lipinski definition) is 1. The van der Waals surface area contributed by atoms with Gasteiger partial charge in [-0.2, -0.15) is 0 Å². The van der Waals surface area contributed by atoms with Gasteiger partial charge in [0.1, 0.15) is 5.82 Å². The highest BCUT2D eigenvalue weighted by atomic mass is 35.5. The van der Waals surface area contributed by atoms with Crippen LogP contribution in [0.4, 0.5) is 4.39 Å². The first-order valence-corrected chi connectivity index (χ1v) is 8.19. The van der Waals surface area contributed by atoms with Gasteiger partial charge in [0.15, 0.2) is 0 Å². The lowest BCUT2D eigenvalue weighted by Crippen LogP contribution is -2.37. The van der Waals surface area contributed by atoms with Gasteiger partial charge in [-0.25, -0.2) is 4.39 Å². The molecule has 0 radical (unpaired) electrons. The Labute approximate surface area is 126 Å². The molecule has 0 aliphatic heterocycles. The molecule has 0 spiro atoms. The molecule has 20 heavy (non-hydrogen) atoms. The summed E-state index contributed by atoms with van der Waals surface area (Å²) in [6.45, 7) is 5.30. The fraction of sp³-hybridized carbons (Fsp3) is 0.647. The summed E-state index contributed by atoms with van der Waals surface area (Å²) in [4.78, 5) is 0. The second kappa shape index (κ2) is 7.42. The summed E-state index contributed by atoms with van der Waals surface area (Å²) in [5, 5.41) is 4.10. The third-order valence-electron chi connectivity index (χ3n) is 4.68. The monoisotopic (exact) mass is 297 g/mol. The Morgan fingerprint density at radius 1 is 1.35 bits per heavy atom. The largest absolute Gasteiger partial charge is 0.314 e. The van der Waals surface area contributed by atoms with Crippen molar-refractivity contribution in [2.45, 2.75) is 52.0 Å². The molecule has 1 aliphatic carbocycles. The zero-order chi connectivity index (χ0) is 14.5. The van der Waals surface area contributed by atoms with Crippen LogP contribution in [0.15, 0.2) is 18.2 Å². The minimum absolute atomic E-state index is 0.176. The van der Waals surface area contributed by atoms with Gasteiger partial charge in [0.2, 0.25) is 0 Å². The molecular weight excluding hydrogens is 273 g/mol. The van der Waals surface area contributed by atoms with E-state index in [0.29, 0.717) is 29.0 Å². The Morgan fingerprint density at radius 2 is 2.15 bits per heavy atom. The number of hydrogen-bond donors (Lipinski definition) is 1. The van der Waals surface area contributed by atoms with E-state index in [1.807, 2.05) is 0 Å². The van der Waals surface area contributed by atoms with Crippen LogP contribution in [0, 0.1) is 17.7 Å². The van der Waals surface area contributed by atoms with Gasteiger partial charge in [-0.1, -0.05) is 44.4 Å². The second-order valence-corrected chi connectivity index (χ2v) is 6.32. The Hall–Kier alpha value is -0.600. The van der Waals surface area contributed by atoms with Gasteiger partial charge in [0.05, 0.1) is 0 Å². The number of benzene rings is 1. The van der Waals surface area contributed by atoms with Crippen molar-refractivity contribution in [3.05, 3.63) is 34.6 Å². The summed E-state index contributed by atoms with van der Waals surface area (Å²) in [6.07, 6.45) is 5.78. The highest BCUT2D eigenvalue weighted by Gasteiger charge is 2.30. The van der Waals surface area contributed by atoms with E-state index in [2.05, 4.69) is 19.2 Å². The molecule has 2 rings (SSSR count). The average Bonchev–Trinajstić information content (AvgIpc) is 2.90. The van der Waals surface area contributed by atoms with Crippen molar-refractivity contribution < 1.29 is 4.39 Å².